The fourth-order valence-corrected chi connectivity index (χ4v) is 4.06. The number of aryl methyl sites for hydroxylation is 1. The second-order valence-electron chi connectivity index (χ2n) is 5.66. The molecule has 0 radical (unpaired) electrons. The van der Waals surface area contributed by atoms with E-state index in [1.165, 1.54) is 30.4 Å². The molecule has 0 atom stereocenters. The van der Waals surface area contributed by atoms with Crippen molar-refractivity contribution in [2.75, 3.05) is 13.3 Å². The Hall–Kier alpha value is -0.930. The zero-order chi connectivity index (χ0) is 13.5. The van der Waals surface area contributed by atoms with Crippen molar-refractivity contribution in [3.8, 4) is 11.5 Å². The van der Waals surface area contributed by atoms with Crippen LogP contribution in [-0.2, 0) is 5.41 Å². The molecule has 104 valence electrons. The molecule has 1 heterocycles. The molecular weight excluding hydrogens is 262 g/mol. The molecule has 1 aliphatic carbocycles. The minimum absolute atomic E-state index is 0.0143. The molecule has 1 fully saturated rings. The van der Waals surface area contributed by atoms with Crippen molar-refractivity contribution in [1.82, 2.24) is 0 Å². The monoisotopic (exact) mass is 281 g/mol. The molecule has 0 spiro atoms. The summed E-state index contributed by atoms with van der Waals surface area (Å²) >= 11 is 6.60. The van der Waals surface area contributed by atoms with Gasteiger partial charge < -0.3 is 15.2 Å². The van der Waals surface area contributed by atoms with Gasteiger partial charge in [0, 0.05) is 12.0 Å². The first-order valence-corrected chi connectivity index (χ1v) is 7.35. The lowest BCUT2D eigenvalue weighted by Crippen LogP contribution is -2.38. The van der Waals surface area contributed by atoms with Crippen LogP contribution in [0.2, 0.25) is 5.02 Å². The number of halogens is 1. The summed E-state index contributed by atoms with van der Waals surface area (Å²) in [6, 6.07) is 2.04. The van der Waals surface area contributed by atoms with E-state index in [0.29, 0.717) is 17.3 Å². The molecule has 0 aromatic heterocycles. The van der Waals surface area contributed by atoms with E-state index in [1.54, 1.807) is 0 Å². The lowest BCUT2D eigenvalue weighted by molar-refractivity contribution is 0.174. The highest BCUT2D eigenvalue weighted by Crippen LogP contribution is 2.50. The molecular formula is C15H20ClNO2. The summed E-state index contributed by atoms with van der Waals surface area (Å²) in [4.78, 5) is 0. The number of fused-ring (bicyclic) bond motifs is 1. The molecule has 3 nitrogen and oxygen atoms in total. The van der Waals surface area contributed by atoms with E-state index in [1.807, 2.05) is 6.07 Å². The van der Waals surface area contributed by atoms with E-state index in [4.69, 9.17) is 26.8 Å². The number of hydrogen-bond donors (Lipinski definition) is 1. The van der Waals surface area contributed by atoms with Crippen LogP contribution >= 0.6 is 11.6 Å². The molecule has 3 rings (SSSR count). The maximum Gasteiger partial charge on any atom is 0.231 e. The molecule has 2 N–H and O–H groups in total. The smallest absolute Gasteiger partial charge is 0.231 e. The van der Waals surface area contributed by atoms with Crippen LogP contribution in [0.15, 0.2) is 6.07 Å². The molecule has 1 aromatic carbocycles. The third-order valence-electron chi connectivity index (χ3n) is 4.53. The van der Waals surface area contributed by atoms with Crippen molar-refractivity contribution < 1.29 is 9.47 Å². The number of benzene rings is 1. The molecule has 4 heteroatoms. The van der Waals surface area contributed by atoms with E-state index >= 15 is 0 Å². The standard InChI is InChI=1S/C15H20ClNO2/c1-10-7-11-14(19-9-18-11)13(16)12(10)15(8-17)5-3-2-4-6-15/h7H,2-6,8-9,17H2,1H3. The summed E-state index contributed by atoms with van der Waals surface area (Å²) in [5.74, 6) is 1.45. The van der Waals surface area contributed by atoms with E-state index in [0.717, 1.165) is 18.6 Å². The lowest BCUT2D eigenvalue weighted by Gasteiger charge is -2.38. The summed E-state index contributed by atoms with van der Waals surface area (Å²) in [6.07, 6.45) is 5.97. The Bertz CT molecular complexity index is 495. The Morgan fingerprint density at radius 2 is 2.00 bits per heavy atom. The fourth-order valence-electron chi connectivity index (χ4n) is 3.56. The molecule has 0 unspecified atom stereocenters. The van der Waals surface area contributed by atoms with Crippen molar-refractivity contribution in [2.24, 2.45) is 5.73 Å². The summed E-state index contributed by atoms with van der Waals surface area (Å²) < 4.78 is 10.9. The summed E-state index contributed by atoms with van der Waals surface area (Å²) in [5.41, 5.74) is 8.49. The highest BCUT2D eigenvalue weighted by molar-refractivity contribution is 6.33. The molecule has 0 saturated heterocycles. The highest BCUT2D eigenvalue weighted by Gasteiger charge is 2.38. The second kappa shape index (κ2) is 4.88. The number of rotatable bonds is 2. The van der Waals surface area contributed by atoms with Gasteiger partial charge in [0.1, 0.15) is 0 Å². The van der Waals surface area contributed by atoms with Crippen LogP contribution in [0.3, 0.4) is 0 Å². The van der Waals surface area contributed by atoms with Gasteiger partial charge in [0.2, 0.25) is 6.79 Å². The Kier molecular flexibility index (Phi) is 3.35. The van der Waals surface area contributed by atoms with E-state index in [9.17, 15) is 0 Å². The topological polar surface area (TPSA) is 44.5 Å². The first-order valence-electron chi connectivity index (χ1n) is 6.97. The van der Waals surface area contributed by atoms with Gasteiger partial charge in [-0.25, -0.2) is 0 Å². The van der Waals surface area contributed by atoms with Crippen LogP contribution < -0.4 is 15.2 Å². The quantitative estimate of drug-likeness (QED) is 0.902. The van der Waals surface area contributed by atoms with Gasteiger partial charge >= 0.3 is 0 Å². The molecule has 0 bridgehead atoms. The van der Waals surface area contributed by atoms with E-state index < -0.39 is 0 Å². The molecule has 2 aliphatic rings. The van der Waals surface area contributed by atoms with Crippen LogP contribution in [-0.4, -0.2) is 13.3 Å². The Morgan fingerprint density at radius 1 is 1.26 bits per heavy atom. The minimum atomic E-state index is 0.0143. The van der Waals surface area contributed by atoms with Gasteiger partial charge in [-0.2, -0.15) is 0 Å². The number of ether oxygens (including phenoxy) is 2. The van der Waals surface area contributed by atoms with Gasteiger partial charge in [-0.15, -0.1) is 0 Å². The molecule has 1 saturated carbocycles. The van der Waals surface area contributed by atoms with Gasteiger partial charge in [0.15, 0.2) is 11.5 Å². The predicted octanol–water partition coefficient (Wildman–Crippen LogP) is 3.54. The lowest BCUT2D eigenvalue weighted by atomic mass is 9.68. The normalized spacial score (nSPS) is 20.6. The highest BCUT2D eigenvalue weighted by atomic mass is 35.5. The average molecular weight is 282 g/mol. The zero-order valence-electron chi connectivity index (χ0n) is 11.3. The van der Waals surface area contributed by atoms with Crippen LogP contribution in [0.4, 0.5) is 0 Å². The Balaban J connectivity index is 2.13. The Morgan fingerprint density at radius 3 is 2.68 bits per heavy atom. The van der Waals surface area contributed by atoms with Crippen LogP contribution in [0.1, 0.15) is 43.2 Å². The third kappa shape index (κ3) is 2.00. The van der Waals surface area contributed by atoms with Crippen molar-refractivity contribution in [3.63, 3.8) is 0 Å². The van der Waals surface area contributed by atoms with E-state index in [-0.39, 0.29) is 12.2 Å². The SMILES string of the molecule is Cc1cc2c(c(Cl)c1C1(CN)CCCCC1)OCO2. The third-order valence-corrected chi connectivity index (χ3v) is 4.89. The van der Waals surface area contributed by atoms with Crippen LogP contribution in [0.25, 0.3) is 0 Å². The van der Waals surface area contributed by atoms with E-state index in [2.05, 4.69) is 6.92 Å². The fraction of sp³-hybridized carbons (Fsp3) is 0.600. The predicted molar refractivity (Wildman–Crippen MR) is 76.1 cm³/mol. The number of nitrogens with two attached hydrogens (primary N) is 1. The maximum absolute atomic E-state index is 6.60. The van der Waals surface area contributed by atoms with Crippen molar-refractivity contribution in [2.45, 2.75) is 44.4 Å². The largest absolute Gasteiger partial charge is 0.454 e. The first-order chi connectivity index (χ1) is 9.18. The molecule has 0 amide bonds. The van der Waals surface area contributed by atoms with Crippen LogP contribution in [0, 0.1) is 6.92 Å². The van der Waals surface area contributed by atoms with Gasteiger partial charge in [0.25, 0.3) is 0 Å². The molecule has 19 heavy (non-hydrogen) atoms. The van der Waals surface area contributed by atoms with Gasteiger partial charge in [0.05, 0.1) is 5.02 Å². The molecule has 1 aromatic rings. The van der Waals surface area contributed by atoms with Crippen LogP contribution in [0.5, 0.6) is 11.5 Å². The zero-order valence-corrected chi connectivity index (χ0v) is 12.1. The van der Waals surface area contributed by atoms with Gasteiger partial charge in [-0.1, -0.05) is 30.9 Å². The Labute approximate surface area is 119 Å². The van der Waals surface area contributed by atoms with Crippen molar-refractivity contribution in [3.05, 3.63) is 22.2 Å². The number of hydrogen-bond acceptors (Lipinski definition) is 3. The maximum atomic E-state index is 6.60. The van der Waals surface area contributed by atoms with Gasteiger partial charge in [-0.3, -0.25) is 0 Å². The first kappa shape index (κ1) is 13.1. The molecule has 1 aliphatic heterocycles. The van der Waals surface area contributed by atoms with Gasteiger partial charge in [-0.05, 0) is 37.0 Å². The average Bonchev–Trinajstić information content (AvgIpc) is 2.88. The summed E-state index contributed by atoms with van der Waals surface area (Å²) in [6.45, 7) is 3.00. The summed E-state index contributed by atoms with van der Waals surface area (Å²) in [7, 11) is 0. The minimum Gasteiger partial charge on any atom is -0.454 e. The summed E-state index contributed by atoms with van der Waals surface area (Å²) in [5, 5.41) is 0.708. The second-order valence-corrected chi connectivity index (χ2v) is 6.04. The van der Waals surface area contributed by atoms with Crippen molar-refractivity contribution >= 4 is 11.6 Å². The van der Waals surface area contributed by atoms with Crippen molar-refractivity contribution in [1.29, 1.82) is 0 Å².